The predicted octanol–water partition coefficient (Wildman–Crippen LogP) is 4.91. The second-order valence-corrected chi connectivity index (χ2v) is 8.21. The van der Waals surface area contributed by atoms with Crippen molar-refractivity contribution in [3.8, 4) is 11.8 Å². The van der Waals surface area contributed by atoms with E-state index in [1.54, 1.807) is 48.5 Å². The van der Waals surface area contributed by atoms with E-state index < -0.39 is 9.84 Å². The van der Waals surface area contributed by atoms with E-state index in [1.165, 1.54) is 18.2 Å². The quantitative estimate of drug-likeness (QED) is 0.562. The molecule has 3 rings (SSSR count). The second kappa shape index (κ2) is 8.55. The summed E-state index contributed by atoms with van der Waals surface area (Å²) in [6.45, 7) is 2.42. The molecule has 0 radical (unpaired) electrons. The van der Waals surface area contributed by atoms with Crippen LogP contribution in [0.25, 0.3) is 6.08 Å². The van der Waals surface area contributed by atoms with Crippen LogP contribution in [-0.2, 0) is 16.4 Å². The number of allylic oxidation sites excluding steroid dienone is 1. The van der Waals surface area contributed by atoms with E-state index in [9.17, 15) is 13.7 Å². The number of sulfone groups is 1. The van der Waals surface area contributed by atoms with Gasteiger partial charge in [0.2, 0.25) is 9.84 Å². The minimum absolute atomic E-state index is 0.0923. The molecule has 0 fully saturated rings. The number of nitrogens with zero attached hydrogens (tertiary/aromatic N) is 1. The molecule has 4 nitrogen and oxygen atoms in total. The third-order valence-corrected chi connectivity index (χ3v) is 5.78. The fourth-order valence-electron chi connectivity index (χ4n) is 2.71. The van der Waals surface area contributed by atoms with Gasteiger partial charge in [-0.15, -0.1) is 0 Å². The van der Waals surface area contributed by atoms with Crippen molar-refractivity contribution in [3.63, 3.8) is 0 Å². The van der Waals surface area contributed by atoms with Crippen LogP contribution in [-0.4, -0.2) is 8.42 Å². The Bertz CT molecular complexity index is 1140. The molecule has 0 unspecified atom stereocenters. The summed E-state index contributed by atoms with van der Waals surface area (Å²) in [7, 11) is -3.86. The lowest BCUT2D eigenvalue weighted by Gasteiger charge is -2.08. The molecule has 140 valence electrons. The van der Waals surface area contributed by atoms with Crippen molar-refractivity contribution in [2.75, 3.05) is 0 Å². The number of nitriles is 1. The average Bonchev–Trinajstić information content (AvgIpc) is 2.71. The molecule has 0 bridgehead atoms. The van der Waals surface area contributed by atoms with E-state index in [2.05, 4.69) is 0 Å². The molecular formula is C23H19NO3S. The van der Waals surface area contributed by atoms with Gasteiger partial charge in [0.25, 0.3) is 0 Å². The highest BCUT2D eigenvalue weighted by atomic mass is 32.2. The summed E-state index contributed by atoms with van der Waals surface area (Å²) in [6, 6.07) is 24.8. The molecule has 0 aromatic heterocycles. The summed E-state index contributed by atoms with van der Waals surface area (Å²) in [5, 5.41) is 9.40. The van der Waals surface area contributed by atoms with Crippen molar-refractivity contribution in [1.82, 2.24) is 0 Å². The first-order chi connectivity index (χ1) is 13.5. The van der Waals surface area contributed by atoms with Crippen LogP contribution >= 0.6 is 0 Å². The van der Waals surface area contributed by atoms with Gasteiger partial charge in [0, 0.05) is 0 Å². The summed E-state index contributed by atoms with van der Waals surface area (Å²) < 4.78 is 31.2. The summed E-state index contributed by atoms with van der Waals surface area (Å²) in [6.07, 6.45) is 1.36. The minimum atomic E-state index is -3.86. The Morgan fingerprint density at radius 1 is 1.00 bits per heavy atom. The van der Waals surface area contributed by atoms with Crippen LogP contribution in [0.5, 0.6) is 5.75 Å². The minimum Gasteiger partial charge on any atom is -0.489 e. The molecule has 5 heteroatoms. The maximum atomic E-state index is 12.7. The average molecular weight is 389 g/mol. The largest absolute Gasteiger partial charge is 0.489 e. The first-order valence-electron chi connectivity index (χ1n) is 8.69. The fraction of sp³-hybridized carbons (Fsp3) is 0.0870. The lowest BCUT2D eigenvalue weighted by atomic mass is 10.1. The van der Waals surface area contributed by atoms with E-state index >= 15 is 0 Å². The molecule has 3 aromatic rings. The lowest BCUT2D eigenvalue weighted by molar-refractivity contribution is 0.306. The molecule has 0 spiro atoms. The zero-order valence-corrected chi connectivity index (χ0v) is 16.2. The van der Waals surface area contributed by atoms with Crippen LogP contribution in [0.3, 0.4) is 0 Å². The number of aryl methyl sites for hydroxylation is 1. The van der Waals surface area contributed by atoms with Crippen molar-refractivity contribution in [2.24, 2.45) is 0 Å². The SMILES string of the molecule is Cc1cccc(COc2cccc(C=C(C#N)S(=O)(=O)c3ccccc3)c2)c1. The molecule has 0 N–H and O–H groups in total. The Balaban J connectivity index is 1.83. The summed E-state index contributed by atoms with van der Waals surface area (Å²) >= 11 is 0. The molecule has 0 aliphatic heterocycles. The van der Waals surface area contributed by atoms with Gasteiger partial charge in [-0.25, -0.2) is 8.42 Å². The van der Waals surface area contributed by atoms with Crippen LogP contribution in [0.2, 0.25) is 0 Å². The highest BCUT2D eigenvalue weighted by Gasteiger charge is 2.20. The highest BCUT2D eigenvalue weighted by molar-refractivity contribution is 7.95. The van der Waals surface area contributed by atoms with E-state index in [0.717, 1.165) is 11.1 Å². The van der Waals surface area contributed by atoms with Crippen molar-refractivity contribution in [1.29, 1.82) is 5.26 Å². The van der Waals surface area contributed by atoms with Gasteiger partial charge in [-0.1, -0.05) is 60.2 Å². The second-order valence-electron chi connectivity index (χ2n) is 6.29. The molecule has 0 atom stereocenters. The number of rotatable bonds is 6. The Labute approximate surface area is 165 Å². The molecule has 0 heterocycles. The van der Waals surface area contributed by atoms with Crippen molar-refractivity contribution in [2.45, 2.75) is 18.4 Å². The van der Waals surface area contributed by atoms with Crippen molar-refractivity contribution < 1.29 is 13.2 Å². The van der Waals surface area contributed by atoms with Gasteiger partial charge in [-0.05, 0) is 48.4 Å². The van der Waals surface area contributed by atoms with E-state index in [1.807, 2.05) is 31.2 Å². The first-order valence-corrected chi connectivity index (χ1v) is 10.2. The zero-order valence-electron chi connectivity index (χ0n) is 15.4. The monoisotopic (exact) mass is 389 g/mol. The van der Waals surface area contributed by atoms with Gasteiger partial charge in [-0.2, -0.15) is 5.26 Å². The van der Waals surface area contributed by atoms with E-state index in [-0.39, 0.29) is 9.80 Å². The summed E-state index contributed by atoms with van der Waals surface area (Å²) in [4.78, 5) is -0.218. The molecule has 0 aliphatic rings. The smallest absolute Gasteiger partial charge is 0.216 e. The van der Waals surface area contributed by atoms with Crippen LogP contribution in [0.1, 0.15) is 16.7 Å². The van der Waals surface area contributed by atoms with Crippen LogP contribution in [0, 0.1) is 18.3 Å². The van der Waals surface area contributed by atoms with Crippen molar-refractivity contribution in [3.05, 3.63) is 100 Å². The molecule has 0 saturated heterocycles. The number of hydrogen-bond acceptors (Lipinski definition) is 4. The fourth-order valence-corrected chi connectivity index (χ4v) is 3.89. The Hall–Kier alpha value is -3.36. The predicted molar refractivity (Wildman–Crippen MR) is 109 cm³/mol. The summed E-state index contributed by atoms with van der Waals surface area (Å²) in [5.41, 5.74) is 2.78. The summed E-state index contributed by atoms with van der Waals surface area (Å²) in [5.74, 6) is 0.602. The lowest BCUT2D eigenvalue weighted by Crippen LogP contribution is -2.03. The van der Waals surface area contributed by atoms with Crippen LogP contribution < -0.4 is 4.74 Å². The zero-order chi connectivity index (χ0) is 20.0. The number of hydrogen-bond donors (Lipinski definition) is 0. The van der Waals surface area contributed by atoms with Crippen LogP contribution in [0.4, 0.5) is 0 Å². The molecule has 28 heavy (non-hydrogen) atoms. The van der Waals surface area contributed by atoms with Gasteiger partial charge < -0.3 is 4.74 Å². The van der Waals surface area contributed by atoms with E-state index in [4.69, 9.17) is 4.74 Å². The van der Waals surface area contributed by atoms with Gasteiger partial charge in [-0.3, -0.25) is 0 Å². The van der Waals surface area contributed by atoms with Crippen molar-refractivity contribution >= 4 is 15.9 Å². The standard InChI is InChI=1S/C23H19NO3S/c1-18-7-5-9-20(13-18)17-27-21-10-6-8-19(14-21)15-23(16-24)28(25,26)22-11-3-2-4-12-22/h2-15H,17H2,1H3. The number of benzene rings is 3. The molecule has 0 saturated carbocycles. The van der Waals surface area contributed by atoms with Gasteiger partial charge in [0.05, 0.1) is 4.90 Å². The molecule has 0 amide bonds. The Morgan fingerprint density at radius 3 is 2.46 bits per heavy atom. The maximum Gasteiger partial charge on any atom is 0.216 e. The van der Waals surface area contributed by atoms with E-state index in [0.29, 0.717) is 17.9 Å². The van der Waals surface area contributed by atoms with Gasteiger partial charge in [0.15, 0.2) is 0 Å². The van der Waals surface area contributed by atoms with Gasteiger partial charge in [0.1, 0.15) is 23.3 Å². The molecular weight excluding hydrogens is 370 g/mol. The normalized spacial score (nSPS) is 11.6. The third kappa shape index (κ3) is 4.67. The first kappa shape index (κ1) is 19.4. The Morgan fingerprint density at radius 2 is 1.75 bits per heavy atom. The topological polar surface area (TPSA) is 67.2 Å². The van der Waals surface area contributed by atoms with Crippen LogP contribution in [0.15, 0.2) is 88.7 Å². The Kier molecular flexibility index (Phi) is 5.93. The maximum absolute atomic E-state index is 12.7. The number of ether oxygens (including phenoxy) is 1. The molecule has 3 aromatic carbocycles. The molecule has 0 aliphatic carbocycles. The third-order valence-electron chi connectivity index (χ3n) is 4.10. The van der Waals surface area contributed by atoms with Gasteiger partial charge >= 0.3 is 0 Å². The highest BCUT2D eigenvalue weighted by Crippen LogP contribution is 2.23.